The molecule has 0 bridgehead atoms. The van der Waals surface area contributed by atoms with Crippen molar-refractivity contribution >= 4 is 52.3 Å². The van der Waals surface area contributed by atoms with Crippen molar-refractivity contribution in [1.82, 2.24) is 0 Å². The molecule has 0 rings (SSSR count). The van der Waals surface area contributed by atoms with Crippen LogP contribution in [0.15, 0.2) is 0 Å². The van der Waals surface area contributed by atoms with E-state index in [-0.39, 0.29) is 0 Å². The zero-order chi connectivity index (χ0) is 9.12. The van der Waals surface area contributed by atoms with Crippen LogP contribution in [0.25, 0.3) is 0 Å². The van der Waals surface area contributed by atoms with Gasteiger partial charge in [-0.3, -0.25) is 0 Å². The van der Waals surface area contributed by atoms with E-state index in [9.17, 15) is 0 Å². The molecule has 0 heterocycles. The van der Waals surface area contributed by atoms with Gasteiger partial charge in [-0.1, -0.05) is 0 Å². The molecule has 0 aromatic rings. The molecule has 0 aromatic carbocycles. The second kappa shape index (κ2) is 5.16. The summed E-state index contributed by atoms with van der Waals surface area (Å²) in [4.78, 5) is 9.08. The maximum absolute atomic E-state index is 6.25. The second-order valence-electron chi connectivity index (χ2n) is 4.29. The Balaban J connectivity index is 3.44. The van der Waals surface area contributed by atoms with Gasteiger partial charge in [0.15, 0.2) is 0 Å². The molecule has 0 saturated carbocycles. The molecule has 0 amide bonds. The molecule has 11 heavy (non-hydrogen) atoms. The third-order valence-electron chi connectivity index (χ3n) is 1.54. The maximum atomic E-state index is 6.25. The summed E-state index contributed by atoms with van der Waals surface area (Å²) in [6.45, 7) is 0. The summed E-state index contributed by atoms with van der Waals surface area (Å²) >= 11 is -3.93. The number of hydrogen-bond donors (Lipinski definition) is 0. The van der Waals surface area contributed by atoms with Gasteiger partial charge in [-0.2, -0.15) is 0 Å². The van der Waals surface area contributed by atoms with Crippen molar-refractivity contribution in [3.8, 4) is 0 Å². The van der Waals surface area contributed by atoms with Crippen molar-refractivity contribution in [3.63, 3.8) is 0 Å². The van der Waals surface area contributed by atoms with Crippen LogP contribution >= 0.6 is 17.8 Å². The van der Waals surface area contributed by atoms with Crippen LogP contribution in [-0.2, 0) is 0 Å². The van der Waals surface area contributed by atoms with Gasteiger partial charge in [0.05, 0.1) is 0 Å². The summed E-state index contributed by atoms with van der Waals surface area (Å²) in [7, 11) is 12.5. The molecular weight excluding hydrogens is 392 g/mol. The Hall–Kier alpha value is 2.18. The van der Waals surface area contributed by atoms with Gasteiger partial charge in [0.1, 0.15) is 0 Å². The van der Waals surface area contributed by atoms with E-state index >= 15 is 0 Å². The van der Waals surface area contributed by atoms with Crippen LogP contribution in [0, 0.1) is 0 Å². The van der Waals surface area contributed by atoms with Crippen LogP contribution < -0.4 is 0 Å². The SMILES string of the molecule is [CH3][Sn]([CH3])([Cl])[CH2]C[CH2][Sn]([CH3])([CH3])[Cl]. The average Bonchev–Trinajstić information content (AvgIpc) is 1.55. The minimum atomic E-state index is -1.96. The average molecular weight is 411 g/mol. The normalized spacial score (nSPS) is 13.6. The van der Waals surface area contributed by atoms with Gasteiger partial charge >= 0.3 is 87.4 Å². The monoisotopic (exact) mass is 412 g/mol. The van der Waals surface area contributed by atoms with E-state index in [1.807, 2.05) is 0 Å². The Labute approximate surface area is 86.2 Å². The molecule has 0 aliphatic carbocycles. The molecule has 0 nitrogen and oxygen atoms in total. The third kappa shape index (κ3) is 12.2. The van der Waals surface area contributed by atoms with Crippen molar-refractivity contribution in [2.45, 2.75) is 35.1 Å². The molecule has 0 aliphatic rings. The minimum absolute atomic E-state index is 1.29. The summed E-state index contributed by atoms with van der Waals surface area (Å²) < 4.78 is 2.59. The first-order valence-electron chi connectivity index (χ1n) is 4.09. The van der Waals surface area contributed by atoms with Gasteiger partial charge in [0.25, 0.3) is 0 Å². The molecule has 4 heteroatoms. The molecule has 0 radical (unpaired) electrons. The number of hydrogen-bond acceptors (Lipinski definition) is 0. The third-order valence-corrected chi connectivity index (χ3v) is 12.9. The van der Waals surface area contributed by atoms with E-state index in [1.165, 1.54) is 15.3 Å². The predicted molar refractivity (Wildman–Crippen MR) is 60.9 cm³/mol. The number of rotatable bonds is 4. The fourth-order valence-electron chi connectivity index (χ4n) is 0.929. The summed E-state index contributed by atoms with van der Waals surface area (Å²) in [5.74, 6) is 0. The molecule has 68 valence electrons. The van der Waals surface area contributed by atoms with Crippen molar-refractivity contribution in [2.75, 3.05) is 0 Å². The van der Waals surface area contributed by atoms with Crippen molar-refractivity contribution in [2.24, 2.45) is 0 Å². The molecule has 0 aliphatic heterocycles. The molecule has 0 atom stereocenters. The van der Waals surface area contributed by atoms with E-state index < -0.39 is 34.5 Å². The van der Waals surface area contributed by atoms with Crippen LogP contribution in [0.3, 0.4) is 0 Å². The van der Waals surface area contributed by atoms with Gasteiger partial charge < -0.3 is 0 Å². The fourth-order valence-corrected chi connectivity index (χ4v) is 11.4. The van der Waals surface area contributed by atoms with Gasteiger partial charge in [-0.25, -0.2) is 0 Å². The van der Waals surface area contributed by atoms with Crippen LogP contribution in [0.4, 0.5) is 0 Å². The topological polar surface area (TPSA) is 0 Å². The Morgan fingerprint density at radius 2 is 1.09 bits per heavy atom. The van der Waals surface area contributed by atoms with Crippen molar-refractivity contribution in [3.05, 3.63) is 0 Å². The Morgan fingerprint density at radius 3 is 1.27 bits per heavy atom. The van der Waals surface area contributed by atoms with E-state index in [2.05, 4.69) is 19.8 Å². The fraction of sp³-hybridized carbons (Fsp3) is 1.00. The first kappa shape index (κ1) is 13.2. The molecule has 0 aromatic heterocycles. The van der Waals surface area contributed by atoms with Crippen molar-refractivity contribution in [1.29, 1.82) is 0 Å². The molecule has 0 saturated heterocycles. The van der Waals surface area contributed by atoms with E-state index in [0.29, 0.717) is 0 Å². The van der Waals surface area contributed by atoms with Gasteiger partial charge in [-0.15, -0.1) is 0 Å². The van der Waals surface area contributed by atoms with E-state index in [0.717, 1.165) is 0 Å². The molecule has 0 spiro atoms. The second-order valence-corrected chi connectivity index (χ2v) is 40.5. The van der Waals surface area contributed by atoms with Crippen LogP contribution in [-0.4, -0.2) is 34.5 Å². The van der Waals surface area contributed by atoms with Gasteiger partial charge in [0.2, 0.25) is 0 Å². The first-order chi connectivity index (χ1) is 4.71. The molecule has 0 unspecified atom stereocenters. The Bertz CT molecular complexity index is 98.6. The summed E-state index contributed by atoms with van der Waals surface area (Å²) in [5, 5.41) is 0. The summed E-state index contributed by atoms with van der Waals surface area (Å²) in [6, 6.07) is 0. The van der Waals surface area contributed by atoms with E-state index in [4.69, 9.17) is 17.8 Å². The van der Waals surface area contributed by atoms with Crippen LogP contribution in [0.5, 0.6) is 0 Å². The zero-order valence-electron chi connectivity index (χ0n) is 7.88. The molecule has 0 fully saturated rings. The Kier molecular flexibility index (Phi) is 6.18. The van der Waals surface area contributed by atoms with E-state index in [1.54, 1.807) is 0 Å². The zero-order valence-corrected chi connectivity index (χ0v) is 15.1. The van der Waals surface area contributed by atoms with Crippen LogP contribution in [0.1, 0.15) is 6.42 Å². The first-order valence-corrected chi connectivity index (χ1v) is 26.8. The molecule has 0 N–H and O–H groups in total. The Morgan fingerprint density at radius 1 is 0.818 bits per heavy atom. The molecular formula is C7H18Cl2Sn2. The summed E-state index contributed by atoms with van der Waals surface area (Å²) in [5.41, 5.74) is 0. The number of halogens is 2. The quantitative estimate of drug-likeness (QED) is 0.608. The standard InChI is InChI=1S/C3H6.4CH3.2ClH.2Sn/c1-3-2;;;;;;;;/h1-3H2;4*1H3;2*1H;;/q;;;;;;;2*+1/p-2. The van der Waals surface area contributed by atoms with Gasteiger partial charge in [0, 0.05) is 0 Å². The van der Waals surface area contributed by atoms with Crippen LogP contribution in [0.2, 0.25) is 28.6 Å². The van der Waals surface area contributed by atoms with Crippen molar-refractivity contribution < 1.29 is 0 Å². The predicted octanol–water partition coefficient (Wildman–Crippen LogP) is 4.26. The van der Waals surface area contributed by atoms with Gasteiger partial charge in [-0.05, 0) is 0 Å². The summed E-state index contributed by atoms with van der Waals surface area (Å²) in [6.07, 6.45) is 1.29.